The minimum atomic E-state index is 1.14. The maximum atomic E-state index is 4.15. The first-order valence-corrected chi connectivity index (χ1v) is 7.41. The van der Waals surface area contributed by atoms with Crippen LogP contribution in [0.25, 0.3) is 43.4 Å². The lowest BCUT2D eigenvalue weighted by Gasteiger charge is -2.13. The van der Waals surface area contributed by atoms with Gasteiger partial charge in [0.1, 0.15) is 0 Å². The van der Waals surface area contributed by atoms with Gasteiger partial charge in [0.25, 0.3) is 0 Å². The Hall–Kier alpha value is -2.93. The predicted octanol–water partition coefficient (Wildman–Crippen LogP) is 5.45. The van der Waals surface area contributed by atoms with Crippen molar-refractivity contribution in [2.45, 2.75) is 0 Å². The van der Waals surface area contributed by atoms with Crippen molar-refractivity contribution in [3.05, 3.63) is 79.1 Å². The first-order chi connectivity index (χ1) is 10.9. The van der Waals surface area contributed by atoms with Gasteiger partial charge in [-0.3, -0.25) is 4.98 Å². The van der Waals surface area contributed by atoms with Crippen LogP contribution in [-0.2, 0) is 0 Å². The molecule has 1 heteroatoms. The van der Waals surface area contributed by atoms with Gasteiger partial charge in [-0.05, 0) is 43.9 Å². The minimum Gasteiger partial charge on any atom is -0.254 e. The van der Waals surface area contributed by atoms with Crippen molar-refractivity contribution >= 4 is 32.3 Å². The molecule has 1 heterocycles. The van der Waals surface area contributed by atoms with Gasteiger partial charge in [0.05, 0.1) is 6.20 Å². The van der Waals surface area contributed by atoms with E-state index in [0.29, 0.717) is 0 Å². The van der Waals surface area contributed by atoms with Crippen LogP contribution in [0.15, 0.2) is 72.9 Å². The Morgan fingerprint density at radius 3 is 2.18 bits per heavy atom. The van der Waals surface area contributed by atoms with Crippen LogP contribution in [0, 0.1) is 6.20 Å². The highest BCUT2D eigenvalue weighted by Crippen LogP contribution is 2.38. The Morgan fingerprint density at radius 1 is 0.682 bits per heavy atom. The maximum absolute atomic E-state index is 4.15. The Kier molecular flexibility index (Phi) is 2.28. The van der Waals surface area contributed by atoms with Crippen LogP contribution in [0.2, 0.25) is 0 Å². The molecule has 5 rings (SSSR count). The maximum Gasteiger partial charge on any atom is 0.0886 e. The third-order valence-electron chi connectivity index (χ3n) is 4.46. The number of benzene rings is 4. The zero-order valence-corrected chi connectivity index (χ0v) is 11.9. The molecule has 0 saturated carbocycles. The van der Waals surface area contributed by atoms with Crippen LogP contribution in [0.4, 0.5) is 0 Å². The van der Waals surface area contributed by atoms with Crippen molar-refractivity contribution in [1.29, 1.82) is 0 Å². The second kappa shape index (κ2) is 4.28. The lowest BCUT2D eigenvalue weighted by molar-refractivity contribution is 1.31. The highest BCUT2D eigenvalue weighted by molar-refractivity contribution is 6.25. The van der Waals surface area contributed by atoms with Gasteiger partial charge in [-0.1, -0.05) is 60.7 Å². The molecule has 0 unspecified atom stereocenters. The molecule has 0 aliphatic heterocycles. The molecule has 101 valence electrons. The molecule has 0 fully saturated rings. The average Bonchev–Trinajstić information content (AvgIpc) is 2.60. The normalized spacial score (nSPS) is 11.6. The fourth-order valence-electron chi connectivity index (χ4n) is 3.47. The third kappa shape index (κ3) is 1.51. The Morgan fingerprint density at radius 2 is 1.41 bits per heavy atom. The molecule has 0 N–H and O–H groups in total. The van der Waals surface area contributed by atoms with Gasteiger partial charge in [0.15, 0.2) is 0 Å². The lowest BCUT2D eigenvalue weighted by Crippen LogP contribution is -1.87. The fourth-order valence-corrected chi connectivity index (χ4v) is 3.47. The summed E-state index contributed by atoms with van der Waals surface area (Å²) in [6, 6.07) is 23.7. The van der Waals surface area contributed by atoms with E-state index < -0.39 is 0 Å². The zero-order chi connectivity index (χ0) is 14.5. The molecular weight excluding hydrogens is 266 g/mol. The van der Waals surface area contributed by atoms with E-state index >= 15 is 0 Å². The first kappa shape index (κ1) is 11.7. The second-order valence-electron chi connectivity index (χ2n) is 5.65. The highest BCUT2D eigenvalue weighted by Gasteiger charge is 2.11. The van der Waals surface area contributed by atoms with Gasteiger partial charge in [0, 0.05) is 11.8 Å². The summed E-state index contributed by atoms with van der Waals surface area (Å²) < 4.78 is 0. The van der Waals surface area contributed by atoms with Gasteiger partial charge in [-0.2, -0.15) is 0 Å². The number of hydrogen-bond donors (Lipinski definition) is 0. The van der Waals surface area contributed by atoms with Gasteiger partial charge < -0.3 is 0 Å². The van der Waals surface area contributed by atoms with E-state index in [-0.39, 0.29) is 0 Å². The standard InChI is InChI=1S/C21H12N/c1-3-14-6-7-16-8-10-18(17-5-2-12-22-13-17)19-11-9-15(4-1)20(14)21(16)19/h1-11,13H. The summed E-state index contributed by atoms with van der Waals surface area (Å²) in [6.07, 6.45) is 4.73. The van der Waals surface area contributed by atoms with Crippen molar-refractivity contribution in [2.24, 2.45) is 0 Å². The smallest absolute Gasteiger partial charge is 0.0886 e. The fraction of sp³-hybridized carbons (Fsp3) is 0. The Labute approximate surface area is 128 Å². The summed E-state index contributed by atoms with van der Waals surface area (Å²) in [5, 5.41) is 7.88. The van der Waals surface area contributed by atoms with Crippen molar-refractivity contribution in [1.82, 2.24) is 4.98 Å². The molecule has 4 aromatic carbocycles. The average molecular weight is 278 g/mol. The zero-order valence-electron chi connectivity index (χ0n) is 11.9. The van der Waals surface area contributed by atoms with Crippen LogP contribution < -0.4 is 0 Å². The van der Waals surface area contributed by atoms with Crippen molar-refractivity contribution < 1.29 is 0 Å². The van der Waals surface area contributed by atoms with E-state index in [1.54, 1.807) is 0 Å². The molecule has 0 aliphatic rings. The molecule has 0 saturated heterocycles. The lowest BCUT2D eigenvalue weighted by atomic mass is 9.90. The molecule has 1 aromatic heterocycles. The SMILES string of the molecule is [c]1ccc(-c2ccc3ccc4cccc5ccc2c3c45)cn1. The molecule has 0 aliphatic carbocycles. The summed E-state index contributed by atoms with van der Waals surface area (Å²) in [6.45, 7) is 0. The van der Waals surface area contributed by atoms with E-state index in [0.717, 1.165) is 5.56 Å². The minimum absolute atomic E-state index is 1.14. The van der Waals surface area contributed by atoms with E-state index in [1.165, 1.54) is 37.9 Å². The van der Waals surface area contributed by atoms with Gasteiger partial charge in [-0.25, -0.2) is 0 Å². The van der Waals surface area contributed by atoms with E-state index in [9.17, 15) is 0 Å². The number of nitrogens with zero attached hydrogens (tertiary/aromatic N) is 1. The summed E-state index contributed by atoms with van der Waals surface area (Å²) in [4.78, 5) is 4.15. The van der Waals surface area contributed by atoms with E-state index in [2.05, 4.69) is 71.8 Å². The Balaban J connectivity index is 2.02. The number of rotatable bonds is 1. The van der Waals surface area contributed by atoms with Crippen molar-refractivity contribution in [2.75, 3.05) is 0 Å². The first-order valence-electron chi connectivity index (χ1n) is 7.41. The molecule has 1 nitrogen and oxygen atoms in total. The van der Waals surface area contributed by atoms with Crippen LogP contribution in [-0.4, -0.2) is 4.98 Å². The molecular formula is C21H12N. The molecule has 0 amide bonds. The van der Waals surface area contributed by atoms with E-state index in [1.807, 2.05) is 12.3 Å². The molecule has 22 heavy (non-hydrogen) atoms. The van der Waals surface area contributed by atoms with Crippen molar-refractivity contribution in [3.63, 3.8) is 0 Å². The molecule has 0 spiro atoms. The second-order valence-corrected chi connectivity index (χ2v) is 5.65. The van der Waals surface area contributed by atoms with E-state index in [4.69, 9.17) is 0 Å². The summed E-state index contributed by atoms with van der Waals surface area (Å²) >= 11 is 0. The van der Waals surface area contributed by atoms with Gasteiger partial charge in [-0.15, -0.1) is 0 Å². The predicted molar refractivity (Wildman–Crippen MR) is 92.2 cm³/mol. The molecule has 0 bridgehead atoms. The molecule has 0 atom stereocenters. The summed E-state index contributed by atoms with van der Waals surface area (Å²) in [5.74, 6) is 0. The largest absolute Gasteiger partial charge is 0.254 e. The third-order valence-corrected chi connectivity index (χ3v) is 4.46. The summed E-state index contributed by atoms with van der Waals surface area (Å²) in [5.41, 5.74) is 2.36. The highest BCUT2D eigenvalue weighted by atomic mass is 14.6. The molecule has 1 radical (unpaired) electrons. The van der Waals surface area contributed by atoms with Gasteiger partial charge >= 0.3 is 0 Å². The van der Waals surface area contributed by atoms with Crippen LogP contribution in [0.5, 0.6) is 0 Å². The topological polar surface area (TPSA) is 12.9 Å². The van der Waals surface area contributed by atoms with Crippen molar-refractivity contribution in [3.8, 4) is 11.1 Å². The van der Waals surface area contributed by atoms with Gasteiger partial charge in [0.2, 0.25) is 0 Å². The van der Waals surface area contributed by atoms with Crippen LogP contribution >= 0.6 is 0 Å². The van der Waals surface area contributed by atoms with Crippen LogP contribution in [0.3, 0.4) is 0 Å². The Bertz CT molecular complexity index is 1090. The quantitative estimate of drug-likeness (QED) is 0.372. The number of pyridine rings is 1. The number of hydrogen-bond acceptors (Lipinski definition) is 1. The molecule has 5 aromatic rings. The summed E-state index contributed by atoms with van der Waals surface area (Å²) in [7, 11) is 0. The monoisotopic (exact) mass is 278 g/mol. The van der Waals surface area contributed by atoms with Crippen LogP contribution in [0.1, 0.15) is 0 Å². The number of aromatic nitrogens is 1.